The van der Waals surface area contributed by atoms with E-state index in [0.717, 1.165) is 32.1 Å². The largest absolute Gasteiger partial charge is 0.340 e. The van der Waals surface area contributed by atoms with Crippen LogP contribution in [0.4, 0.5) is 0 Å². The molecule has 0 bridgehead atoms. The highest BCUT2D eigenvalue weighted by molar-refractivity contribution is 7.09. The number of nitrogens with zero attached hydrogens (tertiary/aromatic N) is 1. The van der Waals surface area contributed by atoms with Crippen LogP contribution in [0.5, 0.6) is 0 Å². The van der Waals surface area contributed by atoms with E-state index >= 15 is 0 Å². The molecule has 2 heterocycles. The van der Waals surface area contributed by atoms with Crippen LogP contribution < -0.4 is 5.32 Å². The van der Waals surface area contributed by atoms with Crippen molar-refractivity contribution in [1.82, 2.24) is 10.2 Å². The lowest BCUT2D eigenvalue weighted by Gasteiger charge is -2.49. The summed E-state index contributed by atoms with van der Waals surface area (Å²) in [4.78, 5) is 28.6. The number of thiophene rings is 1. The topological polar surface area (TPSA) is 49.4 Å². The normalized spacial score (nSPS) is 23.6. The van der Waals surface area contributed by atoms with E-state index in [9.17, 15) is 9.59 Å². The highest BCUT2D eigenvalue weighted by atomic mass is 32.1. The standard InChI is InChI=1S/C16H22N2O2S/c1-15(2)14(20)18(10-7-12-6-5-11-21-12)16(13(19)17-15)8-3-4-9-16/h5-6,11H,3-4,7-10H2,1-2H3,(H,17,19). The van der Waals surface area contributed by atoms with Gasteiger partial charge in [0, 0.05) is 11.4 Å². The summed E-state index contributed by atoms with van der Waals surface area (Å²) < 4.78 is 0. The maximum absolute atomic E-state index is 12.8. The highest BCUT2D eigenvalue weighted by Gasteiger charge is 2.55. The van der Waals surface area contributed by atoms with Gasteiger partial charge < -0.3 is 10.2 Å². The Kier molecular flexibility index (Phi) is 3.56. The van der Waals surface area contributed by atoms with E-state index in [2.05, 4.69) is 16.8 Å². The summed E-state index contributed by atoms with van der Waals surface area (Å²) in [5.74, 6) is 0.0938. The fourth-order valence-electron chi connectivity index (χ4n) is 3.56. The predicted octanol–water partition coefficient (Wildman–Crippen LogP) is 2.34. The molecule has 2 fully saturated rings. The lowest BCUT2D eigenvalue weighted by Crippen LogP contribution is -2.73. The smallest absolute Gasteiger partial charge is 0.248 e. The molecule has 5 heteroatoms. The van der Waals surface area contributed by atoms with Gasteiger partial charge in [-0.3, -0.25) is 9.59 Å². The summed E-state index contributed by atoms with van der Waals surface area (Å²) in [5.41, 5.74) is -1.38. The molecule has 1 aromatic rings. The number of rotatable bonds is 3. The predicted molar refractivity (Wildman–Crippen MR) is 83.2 cm³/mol. The van der Waals surface area contributed by atoms with Crippen molar-refractivity contribution >= 4 is 23.2 Å². The first-order chi connectivity index (χ1) is 9.96. The molecule has 21 heavy (non-hydrogen) atoms. The lowest BCUT2D eigenvalue weighted by molar-refractivity contribution is -0.161. The van der Waals surface area contributed by atoms with Gasteiger partial charge in [-0.2, -0.15) is 0 Å². The fourth-order valence-corrected chi connectivity index (χ4v) is 4.26. The first-order valence-electron chi connectivity index (χ1n) is 7.63. The summed E-state index contributed by atoms with van der Waals surface area (Å²) >= 11 is 1.71. The fraction of sp³-hybridized carbons (Fsp3) is 0.625. The number of amides is 2. The van der Waals surface area contributed by atoms with E-state index in [1.54, 1.807) is 25.2 Å². The molecule has 1 aliphatic carbocycles. The average molecular weight is 306 g/mol. The molecule has 2 amide bonds. The zero-order valence-electron chi connectivity index (χ0n) is 12.6. The molecule has 1 aromatic heterocycles. The monoisotopic (exact) mass is 306 g/mol. The molecular weight excluding hydrogens is 284 g/mol. The lowest BCUT2D eigenvalue weighted by atomic mass is 9.85. The highest BCUT2D eigenvalue weighted by Crippen LogP contribution is 2.39. The third-order valence-corrected chi connectivity index (χ3v) is 5.67. The van der Waals surface area contributed by atoms with Gasteiger partial charge in [0.25, 0.3) is 0 Å². The Balaban J connectivity index is 1.87. The molecule has 2 aliphatic rings. The van der Waals surface area contributed by atoms with E-state index in [4.69, 9.17) is 0 Å². The maximum atomic E-state index is 12.8. The number of carbonyl (C=O) groups is 2. The van der Waals surface area contributed by atoms with E-state index in [0.29, 0.717) is 6.54 Å². The molecule has 114 valence electrons. The second-order valence-corrected chi connectivity index (χ2v) is 7.64. The van der Waals surface area contributed by atoms with Gasteiger partial charge in [-0.05, 0) is 44.6 Å². The average Bonchev–Trinajstić information content (AvgIpc) is 3.08. The second-order valence-electron chi connectivity index (χ2n) is 6.60. The number of piperazine rings is 1. The summed E-state index contributed by atoms with van der Waals surface area (Å²) in [6.07, 6.45) is 4.47. The van der Waals surface area contributed by atoms with Crippen molar-refractivity contribution in [3.63, 3.8) is 0 Å². The number of carbonyl (C=O) groups excluding carboxylic acids is 2. The summed E-state index contributed by atoms with van der Waals surface area (Å²) in [7, 11) is 0. The molecule has 0 radical (unpaired) electrons. The minimum atomic E-state index is -0.791. The van der Waals surface area contributed by atoms with Crippen LogP contribution in [0.15, 0.2) is 17.5 Å². The summed E-state index contributed by atoms with van der Waals surface area (Å²) in [6.45, 7) is 4.23. The molecule has 1 saturated heterocycles. The quantitative estimate of drug-likeness (QED) is 0.932. The first kappa shape index (κ1) is 14.6. The molecule has 4 nitrogen and oxygen atoms in total. The maximum Gasteiger partial charge on any atom is 0.248 e. The molecule has 1 aliphatic heterocycles. The van der Waals surface area contributed by atoms with Crippen molar-refractivity contribution in [2.24, 2.45) is 0 Å². The Bertz CT molecular complexity index is 545. The van der Waals surface area contributed by atoms with Gasteiger partial charge in [0.15, 0.2) is 0 Å². The van der Waals surface area contributed by atoms with Gasteiger partial charge in [-0.15, -0.1) is 11.3 Å². The van der Waals surface area contributed by atoms with Crippen molar-refractivity contribution in [1.29, 1.82) is 0 Å². The van der Waals surface area contributed by atoms with Gasteiger partial charge in [-0.25, -0.2) is 0 Å². The van der Waals surface area contributed by atoms with Gasteiger partial charge in [0.2, 0.25) is 11.8 Å². The van der Waals surface area contributed by atoms with Crippen molar-refractivity contribution in [2.45, 2.75) is 57.0 Å². The van der Waals surface area contributed by atoms with E-state index < -0.39 is 11.1 Å². The number of hydrogen-bond acceptors (Lipinski definition) is 3. The number of nitrogens with one attached hydrogen (secondary N) is 1. The molecule has 1 saturated carbocycles. The first-order valence-corrected chi connectivity index (χ1v) is 8.51. The van der Waals surface area contributed by atoms with Crippen LogP contribution in [0.1, 0.15) is 44.4 Å². The minimum Gasteiger partial charge on any atom is -0.340 e. The molecule has 0 aromatic carbocycles. The molecule has 1 N–H and O–H groups in total. The summed E-state index contributed by atoms with van der Waals surface area (Å²) in [5, 5.41) is 4.98. The third-order valence-electron chi connectivity index (χ3n) is 4.74. The van der Waals surface area contributed by atoms with Crippen molar-refractivity contribution in [2.75, 3.05) is 6.54 Å². The van der Waals surface area contributed by atoms with Gasteiger partial charge in [0.05, 0.1) is 0 Å². The van der Waals surface area contributed by atoms with Crippen LogP contribution in [0.25, 0.3) is 0 Å². The van der Waals surface area contributed by atoms with Crippen LogP contribution in [-0.2, 0) is 16.0 Å². The van der Waals surface area contributed by atoms with E-state index in [1.165, 1.54) is 4.88 Å². The molecule has 1 spiro atoms. The molecular formula is C16H22N2O2S. The summed E-state index contributed by atoms with van der Waals surface area (Å²) in [6, 6.07) is 4.12. The Morgan fingerprint density at radius 2 is 2.00 bits per heavy atom. The van der Waals surface area contributed by atoms with Gasteiger partial charge in [0.1, 0.15) is 11.1 Å². The van der Waals surface area contributed by atoms with Crippen LogP contribution in [-0.4, -0.2) is 34.3 Å². The Hall–Kier alpha value is -1.36. The van der Waals surface area contributed by atoms with Crippen molar-refractivity contribution in [3.05, 3.63) is 22.4 Å². The van der Waals surface area contributed by atoms with Crippen LogP contribution >= 0.6 is 11.3 Å². The molecule has 0 atom stereocenters. The Labute approximate surface area is 129 Å². The molecule has 3 rings (SSSR count). The SMILES string of the molecule is CC1(C)NC(=O)C2(CCCC2)N(CCc2cccs2)C1=O. The van der Waals surface area contributed by atoms with Gasteiger partial charge in [-0.1, -0.05) is 18.9 Å². The van der Waals surface area contributed by atoms with Gasteiger partial charge >= 0.3 is 0 Å². The van der Waals surface area contributed by atoms with Crippen LogP contribution in [0.3, 0.4) is 0 Å². The molecule has 0 unspecified atom stereocenters. The van der Waals surface area contributed by atoms with Crippen LogP contribution in [0, 0.1) is 0 Å². The zero-order chi connectivity index (χ0) is 15.1. The van der Waals surface area contributed by atoms with E-state index in [-0.39, 0.29) is 11.8 Å². The number of hydrogen-bond donors (Lipinski definition) is 1. The minimum absolute atomic E-state index is 0.0378. The second kappa shape index (κ2) is 5.13. The Morgan fingerprint density at radius 3 is 2.62 bits per heavy atom. The zero-order valence-corrected chi connectivity index (χ0v) is 13.5. The van der Waals surface area contributed by atoms with Crippen LogP contribution in [0.2, 0.25) is 0 Å². The van der Waals surface area contributed by atoms with E-state index in [1.807, 2.05) is 11.0 Å². The van der Waals surface area contributed by atoms with Crippen molar-refractivity contribution < 1.29 is 9.59 Å². The third kappa shape index (κ3) is 2.37. The Morgan fingerprint density at radius 1 is 1.29 bits per heavy atom. The van der Waals surface area contributed by atoms with Crippen molar-refractivity contribution in [3.8, 4) is 0 Å².